The zero-order valence-electron chi connectivity index (χ0n) is 24.8. The molecule has 3 aromatic rings. The molecule has 4 aliphatic rings. The molecular formula is C32H32N2O10. The van der Waals surface area contributed by atoms with E-state index in [-0.39, 0.29) is 24.7 Å². The van der Waals surface area contributed by atoms with Crippen LogP contribution in [0.5, 0.6) is 34.5 Å². The lowest BCUT2D eigenvalue weighted by Gasteiger charge is -2.35. The van der Waals surface area contributed by atoms with Gasteiger partial charge in [-0.2, -0.15) is 0 Å². The Labute approximate surface area is 253 Å². The highest BCUT2D eigenvalue weighted by molar-refractivity contribution is 6.03. The first-order valence-corrected chi connectivity index (χ1v) is 14.3. The van der Waals surface area contributed by atoms with Crippen LogP contribution in [0.2, 0.25) is 0 Å². The summed E-state index contributed by atoms with van der Waals surface area (Å²) in [5, 5.41) is 0. The first kappa shape index (κ1) is 28.1. The minimum absolute atomic E-state index is 0.0778. The van der Waals surface area contributed by atoms with Gasteiger partial charge in [0.05, 0.1) is 36.5 Å². The SMILES string of the molecule is COc1c2c(cc3c1C(OC(=O)c1ccccc1C(=O)OC1c4c(cc5c(c4OC)OCO5)CCN1C)N(C)CC3)OCO2. The topological polar surface area (TPSA) is 114 Å². The third-order valence-electron chi connectivity index (χ3n) is 8.46. The summed E-state index contributed by atoms with van der Waals surface area (Å²) in [6.45, 7) is 1.43. The van der Waals surface area contributed by atoms with Crippen molar-refractivity contribution in [3.8, 4) is 34.5 Å². The molecule has 0 fully saturated rings. The van der Waals surface area contributed by atoms with Gasteiger partial charge in [0.25, 0.3) is 0 Å². The minimum atomic E-state index is -0.787. The fraction of sp³-hybridized carbons (Fsp3) is 0.375. The van der Waals surface area contributed by atoms with Gasteiger partial charge in [0, 0.05) is 13.1 Å². The van der Waals surface area contributed by atoms with E-state index in [9.17, 15) is 9.59 Å². The van der Waals surface area contributed by atoms with Gasteiger partial charge in [-0.3, -0.25) is 9.80 Å². The Balaban J connectivity index is 1.19. The van der Waals surface area contributed by atoms with Crippen molar-refractivity contribution < 1.29 is 47.5 Å². The van der Waals surface area contributed by atoms with Crippen molar-refractivity contribution in [2.45, 2.75) is 25.3 Å². The largest absolute Gasteiger partial charge is 0.492 e. The first-order chi connectivity index (χ1) is 21.4. The number of carbonyl (C=O) groups is 2. The quantitative estimate of drug-likeness (QED) is 0.381. The average molecular weight is 605 g/mol. The highest BCUT2D eigenvalue weighted by Gasteiger charge is 2.39. The Morgan fingerprint density at radius 1 is 0.705 bits per heavy atom. The lowest BCUT2D eigenvalue weighted by molar-refractivity contribution is -0.0338. The lowest BCUT2D eigenvalue weighted by Crippen LogP contribution is -2.36. The number of methoxy groups -OCH3 is 2. The van der Waals surface area contributed by atoms with Gasteiger partial charge in [-0.1, -0.05) is 12.1 Å². The van der Waals surface area contributed by atoms with Gasteiger partial charge >= 0.3 is 11.9 Å². The molecule has 12 nitrogen and oxygen atoms in total. The van der Waals surface area contributed by atoms with Crippen LogP contribution in [0.1, 0.15) is 55.4 Å². The van der Waals surface area contributed by atoms with Gasteiger partial charge in [-0.05, 0) is 62.3 Å². The predicted molar refractivity (Wildman–Crippen MR) is 154 cm³/mol. The van der Waals surface area contributed by atoms with Crippen LogP contribution in [0.25, 0.3) is 0 Å². The van der Waals surface area contributed by atoms with Crippen molar-refractivity contribution >= 4 is 11.9 Å². The van der Waals surface area contributed by atoms with Gasteiger partial charge in [0.1, 0.15) is 0 Å². The molecule has 230 valence electrons. The van der Waals surface area contributed by atoms with E-state index in [4.69, 9.17) is 37.9 Å². The Bertz CT molecular complexity index is 1540. The number of carbonyl (C=O) groups excluding carboxylic acids is 2. The van der Waals surface area contributed by atoms with E-state index in [0.29, 0.717) is 71.6 Å². The van der Waals surface area contributed by atoms with Gasteiger partial charge in [0.2, 0.25) is 25.1 Å². The maximum Gasteiger partial charge on any atom is 0.340 e. The molecule has 4 aliphatic heterocycles. The number of esters is 2. The smallest absolute Gasteiger partial charge is 0.340 e. The maximum absolute atomic E-state index is 13.8. The van der Waals surface area contributed by atoms with E-state index >= 15 is 0 Å². The van der Waals surface area contributed by atoms with Crippen molar-refractivity contribution in [1.29, 1.82) is 0 Å². The molecule has 7 rings (SSSR count). The number of benzene rings is 3. The van der Waals surface area contributed by atoms with Crippen LogP contribution in [-0.2, 0) is 22.3 Å². The molecule has 0 amide bonds. The summed E-state index contributed by atoms with van der Waals surface area (Å²) in [5.41, 5.74) is 3.39. The predicted octanol–water partition coefficient (Wildman–Crippen LogP) is 3.85. The summed E-state index contributed by atoms with van der Waals surface area (Å²) in [4.78, 5) is 31.4. The Morgan fingerprint density at radius 2 is 1.14 bits per heavy atom. The third-order valence-corrected chi connectivity index (χ3v) is 8.46. The highest BCUT2D eigenvalue weighted by Crippen LogP contribution is 2.51. The molecule has 0 spiro atoms. The van der Waals surface area contributed by atoms with Gasteiger partial charge < -0.3 is 37.9 Å². The van der Waals surface area contributed by atoms with Crippen molar-refractivity contribution in [3.05, 3.63) is 69.8 Å². The highest BCUT2D eigenvalue weighted by atomic mass is 16.7. The summed E-state index contributed by atoms with van der Waals surface area (Å²) in [5.74, 6) is 1.70. The molecule has 0 aromatic heterocycles. The van der Waals surface area contributed by atoms with Gasteiger partial charge in [-0.15, -0.1) is 0 Å². The zero-order chi connectivity index (χ0) is 30.5. The van der Waals surface area contributed by atoms with Crippen LogP contribution in [0.3, 0.4) is 0 Å². The number of hydrogen-bond donors (Lipinski definition) is 0. The molecule has 0 saturated heterocycles. The van der Waals surface area contributed by atoms with Gasteiger partial charge in [-0.25, -0.2) is 9.59 Å². The summed E-state index contributed by atoms with van der Waals surface area (Å²) < 4.78 is 46.2. The normalized spacial score (nSPS) is 20.0. The van der Waals surface area contributed by atoms with Crippen molar-refractivity contribution in [3.63, 3.8) is 0 Å². The Hall–Kier alpha value is -4.68. The summed E-state index contributed by atoms with van der Waals surface area (Å²) >= 11 is 0. The van der Waals surface area contributed by atoms with E-state index in [1.165, 1.54) is 0 Å². The molecule has 2 atom stereocenters. The monoisotopic (exact) mass is 604 g/mol. The van der Waals surface area contributed by atoms with Crippen LogP contribution in [0.15, 0.2) is 36.4 Å². The Kier molecular flexibility index (Phi) is 7.10. The first-order valence-electron chi connectivity index (χ1n) is 14.3. The van der Waals surface area contributed by atoms with E-state index < -0.39 is 24.4 Å². The molecule has 0 bridgehead atoms. The molecule has 0 N–H and O–H groups in total. The number of hydrogen-bond acceptors (Lipinski definition) is 12. The summed E-state index contributed by atoms with van der Waals surface area (Å²) in [7, 11) is 6.80. The number of nitrogens with zero attached hydrogens (tertiary/aromatic N) is 2. The number of rotatable bonds is 6. The fourth-order valence-electron chi connectivity index (χ4n) is 6.25. The molecule has 4 heterocycles. The minimum Gasteiger partial charge on any atom is -0.492 e. The second kappa shape index (κ2) is 11.1. The molecular weight excluding hydrogens is 572 g/mol. The van der Waals surface area contributed by atoms with E-state index in [1.54, 1.807) is 38.5 Å². The van der Waals surface area contributed by atoms with Crippen LogP contribution in [0.4, 0.5) is 0 Å². The standard InChI is InChI=1S/C32H32N2O10/c1-33-11-9-17-13-21-25(41-15-39-21)27(37-3)23(17)29(33)43-31(35)19-7-5-6-8-20(19)32(36)44-30-24-18(10-12-34(30)2)14-22-26(28(24)38-4)42-16-40-22/h5-8,13-14,29-30H,9-12,15-16H2,1-4H3. The Morgan fingerprint density at radius 3 is 1.55 bits per heavy atom. The average Bonchev–Trinajstić information content (AvgIpc) is 3.71. The number of fused-ring (bicyclic) bond motifs is 4. The molecule has 0 radical (unpaired) electrons. The fourth-order valence-corrected chi connectivity index (χ4v) is 6.25. The van der Waals surface area contributed by atoms with Crippen LogP contribution in [-0.4, -0.2) is 76.7 Å². The second-order valence-electron chi connectivity index (χ2n) is 11.0. The van der Waals surface area contributed by atoms with Crippen LogP contribution in [0, 0.1) is 0 Å². The second-order valence-corrected chi connectivity index (χ2v) is 11.0. The van der Waals surface area contributed by atoms with Crippen molar-refractivity contribution in [2.24, 2.45) is 0 Å². The summed E-state index contributed by atoms with van der Waals surface area (Å²) in [6.07, 6.45) is -0.166. The van der Waals surface area contributed by atoms with E-state index in [1.807, 2.05) is 36.0 Å². The van der Waals surface area contributed by atoms with Crippen LogP contribution < -0.4 is 28.4 Å². The molecule has 2 unspecified atom stereocenters. The molecule has 12 heteroatoms. The molecule has 3 aromatic carbocycles. The van der Waals surface area contributed by atoms with E-state index in [0.717, 1.165) is 11.1 Å². The zero-order valence-corrected chi connectivity index (χ0v) is 24.8. The van der Waals surface area contributed by atoms with Gasteiger partial charge in [0.15, 0.2) is 35.5 Å². The van der Waals surface area contributed by atoms with Crippen LogP contribution >= 0.6 is 0 Å². The molecule has 44 heavy (non-hydrogen) atoms. The van der Waals surface area contributed by atoms with Crippen molar-refractivity contribution in [2.75, 3.05) is 55.0 Å². The number of ether oxygens (including phenoxy) is 8. The van der Waals surface area contributed by atoms with Crippen molar-refractivity contribution in [1.82, 2.24) is 9.80 Å². The lowest BCUT2D eigenvalue weighted by atomic mass is 9.96. The molecule has 0 aliphatic carbocycles. The third kappa shape index (κ3) is 4.52. The maximum atomic E-state index is 13.8. The molecule has 0 saturated carbocycles. The van der Waals surface area contributed by atoms with E-state index in [2.05, 4.69) is 0 Å². The summed E-state index contributed by atoms with van der Waals surface area (Å²) in [6, 6.07) is 10.3. The number of likely N-dealkylation sites (N-methyl/N-ethyl adjacent to an activating group) is 2.